The van der Waals surface area contributed by atoms with Gasteiger partial charge in [0.05, 0.1) is 36.6 Å². The number of aliphatic hydroxyl groups excluding tert-OH is 1. The first-order valence-electron chi connectivity index (χ1n) is 21.9. The van der Waals surface area contributed by atoms with Gasteiger partial charge in [-0.2, -0.15) is 0 Å². The van der Waals surface area contributed by atoms with E-state index < -0.39 is 94.0 Å². The van der Waals surface area contributed by atoms with Crippen LogP contribution in [0.5, 0.6) is 0 Å². The molecule has 5 aliphatic carbocycles. The van der Waals surface area contributed by atoms with Crippen LogP contribution in [0.2, 0.25) is 0 Å². The SMILES string of the molecule is CC1(C)O[C@@H]2C[C@H]3[C@@H]4CCC5=CC(=O)C=C[C@]5(C)[C@@]4(F)[C@@H](O)C[C@]3(C)[C@]2(C(=O)COC(=O)C2CC2C(=O)OCCc2ccc(C(CN)C(=O)Nc3ccc4cnccc4c3)cc2)O1. The molecule has 4 N–H and O–H groups in total. The van der Waals surface area contributed by atoms with E-state index in [1.54, 1.807) is 39.2 Å². The predicted molar refractivity (Wildman–Crippen MR) is 227 cm³/mol. The van der Waals surface area contributed by atoms with Gasteiger partial charge in [-0.3, -0.25) is 29.0 Å². The van der Waals surface area contributed by atoms with Crippen LogP contribution in [0.4, 0.5) is 10.1 Å². The Labute approximate surface area is 364 Å². The van der Waals surface area contributed by atoms with Crippen LogP contribution < -0.4 is 11.1 Å². The summed E-state index contributed by atoms with van der Waals surface area (Å²) in [6.07, 6.45) is 7.29. The highest BCUT2D eigenvalue weighted by Crippen LogP contribution is 2.72. The summed E-state index contributed by atoms with van der Waals surface area (Å²) >= 11 is 0. The number of Topliss-reactive ketones (excluding diaryl/α,β-unsaturated/α-hetero) is 1. The minimum Gasteiger partial charge on any atom is -0.465 e. The Hall–Kier alpha value is -5.15. The number of alkyl halides is 1. The number of ketones is 2. The molecule has 3 aromatic rings. The van der Waals surface area contributed by atoms with Gasteiger partial charge in [0.2, 0.25) is 11.7 Å². The number of nitrogens with zero attached hydrogens (tertiary/aromatic N) is 1. The first-order valence-corrected chi connectivity index (χ1v) is 21.9. The molecule has 9 rings (SSSR count). The number of benzene rings is 2. The summed E-state index contributed by atoms with van der Waals surface area (Å²) in [6.45, 7) is 6.52. The Balaban J connectivity index is 0.784. The Morgan fingerprint density at radius 1 is 0.984 bits per heavy atom. The Morgan fingerprint density at radius 2 is 1.73 bits per heavy atom. The lowest BCUT2D eigenvalue weighted by Gasteiger charge is -2.62. The summed E-state index contributed by atoms with van der Waals surface area (Å²) in [5.41, 5.74) is 2.95. The second-order valence-corrected chi connectivity index (χ2v) is 19.2. The Kier molecular flexibility index (Phi) is 10.6. The van der Waals surface area contributed by atoms with Crippen molar-refractivity contribution in [3.05, 3.63) is 95.9 Å². The summed E-state index contributed by atoms with van der Waals surface area (Å²) in [5, 5.41) is 16.7. The van der Waals surface area contributed by atoms with Crippen molar-refractivity contribution in [3.63, 3.8) is 0 Å². The molecule has 332 valence electrons. The van der Waals surface area contributed by atoms with Crippen molar-refractivity contribution in [3.8, 4) is 0 Å². The van der Waals surface area contributed by atoms with Crippen LogP contribution in [0.3, 0.4) is 0 Å². The number of nitrogens with two attached hydrogens (primary N) is 1. The van der Waals surface area contributed by atoms with Crippen LogP contribution in [0.25, 0.3) is 10.8 Å². The van der Waals surface area contributed by atoms with Crippen molar-refractivity contribution in [2.24, 2.45) is 40.2 Å². The number of hydrogen-bond donors (Lipinski definition) is 3. The molecule has 3 unspecified atom stereocenters. The number of esters is 2. The molecule has 11 atom stereocenters. The van der Waals surface area contributed by atoms with Gasteiger partial charge in [0, 0.05) is 53.2 Å². The van der Waals surface area contributed by atoms with Crippen molar-refractivity contribution < 1.29 is 52.4 Å². The molecule has 2 heterocycles. The topological polar surface area (TPSA) is 193 Å². The molecule has 1 saturated heterocycles. The lowest BCUT2D eigenvalue weighted by molar-refractivity contribution is -0.246. The molecule has 0 radical (unpaired) electrons. The van der Waals surface area contributed by atoms with E-state index in [9.17, 15) is 29.1 Å². The van der Waals surface area contributed by atoms with E-state index in [2.05, 4.69) is 10.3 Å². The molecule has 5 fully saturated rings. The Morgan fingerprint density at radius 3 is 2.48 bits per heavy atom. The fourth-order valence-electron chi connectivity index (χ4n) is 12.0. The number of rotatable bonds is 12. The largest absolute Gasteiger partial charge is 0.465 e. The molecule has 13 nitrogen and oxygen atoms in total. The van der Waals surface area contributed by atoms with E-state index >= 15 is 4.39 Å². The Bertz CT molecular complexity index is 2450. The molecule has 0 spiro atoms. The third-order valence-electron chi connectivity index (χ3n) is 15.3. The monoisotopic (exact) mass is 863 g/mol. The fourth-order valence-corrected chi connectivity index (χ4v) is 12.0. The molecule has 1 amide bonds. The van der Waals surface area contributed by atoms with Crippen LogP contribution in [0.1, 0.15) is 76.8 Å². The number of fused-ring (bicyclic) bond motifs is 8. The number of halogens is 1. The molecule has 6 aliphatic rings. The average Bonchev–Trinajstić information content (AvgIpc) is 3.96. The summed E-state index contributed by atoms with van der Waals surface area (Å²) in [6, 6.07) is 14.8. The van der Waals surface area contributed by atoms with Crippen LogP contribution >= 0.6 is 0 Å². The lowest BCUT2D eigenvalue weighted by atomic mass is 9.44. The molecule has 14 heteroatoms. The van der Waals surface area contributed by atoms with Gasteiger partial charge in [-0.05, 0) is 106 Å². The molecule has 1 aromatic heterocycles. The maximum Gasteiger partial charge on any atom is 0.310 e. The summed E-state index contributed by atoms with van der Waals surface area (Å²) < 4.78 is 41.8. The van der Waals surface area contributed by atoms with E-state index in [0.29, 0.717) is 36.9 Å². The number of carbonyl (C=O) groups is 5. The quantitative estimate of drug-likeness (QED) is 0.191. The number of allylic oxidation sites excluding steroid dienone is 4. The van der Waals surface area contributed by atoms with Gasteiger partial charge in [0.1, 0.15) is 0 Å². The molecular weight excluding hydrogens is 810 g/mol. The summed E-state index contributed by atoms with van der Waals surface area (Å²) in [4.78, 5) is 70.3. The highest BCUT2D eigenvalue weighted by atomic mass is 19.1. The van der Waals surface area contributed by atoms with Crippen LogP contribution in [0.15, 0.2) is 84.7 Å². The zero-order valence-corrected chi connectivity index (χ0v) is 35.9. The van der Waals surface area contributed by atoms with Crippen LogP contribution in [-0.4, -0.2) is 88.5 Å². The number of aromatic nitrogens is 1. The smallest absolute Gasteiger partial charge is 0.310 e. The number of nitrogens with one attached hydrogen (secondary N) is 1. The van der Waals surface area contributed by atoms with E-state index in [-0.39, 0.29) is 37.7 Å². The van der Waals surface area contributed by atoms with Gasteiger partial charge in [-0.25, -0.2) is 4.39 Å². The number of aliphatic hydroxyl groups is 1. The number of pyridine rings is 1. The fraction of sp³-hybridized carbons (Fsp3) is 0.510. The van der Waals surface area contributed by atoms with Gasteiger partial charge in [0.15, 0.2) is 29.4 Å². The lowest BCUT2D eigenvalue weighted by Crippen LogP contribution is -2.70. The standard InChI is InChI=1S/C49H54FN3O10/c1-45(2)62-41-22-38-37-12-10-31-20-33(54)13-16-46(31,3)48(37,50)39(55)23-47(38,4)49(41,63-45)40(56)26-61-44(59)35-21-34(35)43(58)60-18-15-27-5-7-28(8-6-27)36(24-51)42(57)53-32-11-9-30-25-52-17-14-29(30)19-32/h5-9,11,13-14,16-17,19-20,25,34-39,41,55H,10,12,15,18,21-24,26,51H2,1-4H3,(H,53,57)/t34?,35?,36?,37-,38-,39-,41+,46-,47-,48-,49+/m0/s1. The third-order valence-corrected chi connectivity index (χ3v) is 15.3. The summed E-state index contributed by atoms with van der Waals surface area (Å²) in [5.74, 6) is -6.53. The normalized spacial score (nSPS) is 35.0. The van der Waals surface area contributed by atoms with Gasteiger partial charge >= 0.3 is 11.9 Å². The zero-order chi connectivity index (χ0) is 44.7. The highest BCUT2D eigenvalue weighted by Gasteiger charge is 2.80. The summed E-state index contributed by atoms with van der Waals surface area (Å²) in [7, 11) is 0. The second kappa shape index (κ2) is 15.5. The van der Waals surface area contributed by atoms with Gasteiger partial charge in [0.25, 0.3) is 0 Å². The van der Waals surface area contributed by atoms with Gasteiger partial charge in [-0.1, -0.05) is 48.9 Å². The maximum atomic E-state index is 17.8. The average molecular weight is 864 g/mol. The number of carbonyl (C=O) groups excluding carboxylic acids is 5. The number of ether oxygens (including phenoxy) is 4. The highest BCUT2D eigenvalue weighted by molar-refractivity contribution is 6.01. The molecule has 1 aliphatic heterocycles. The molecule has 63 heavy (non-hydrogen) atoms. The second-order valence-electron chi connectivity index (χ2n) is 19.2. The van der Waals surface area contributed by atoms with Crippen LogP contribution in [0, 0.1) is 34.5 Å². The van der Waals surface area contributed by atoms with Crippen molar-refractivity contribution >= 4 is 45.9 Å². The minimum absolute atomic E-state index is 0.0716. The first-order chi connectivity index (χ1) is 29.9. The van der Waals surface area contributed by atoms with Crippen molar-refractivity contribution in [1.82, 2.24) is 4.98 Å². The molecule has 4 saturated carbocycles. The number of amides is 1. The minimum atomic E-state index is -2.10. The molecule has 0 bridgehead atoms. The predicted octanol–water partition coefficient (Wildman–Crippen LogP) is 5.62. The van der Waals surface area contributed by atoms with Gasteiger partial charge in [-0.15, -0.1) is 0 Å². The molecule has 2 aromatic carbocycles. The number of anilines is 1. The van der Waals surface area contributed by atoms with Gasteiger partial charge < -0.3 is 35.1 Å². The van der Waals surface area contributed by atoms with E-state index in [1.807, 2.05) is 55.5 Å². The third kappa shape index (κ3) is 6.95. The van der Waals surface area contributed by atoms with E-state index in [0.717, 1.165) is 21.9 Å². The van der Waals surface area contributed by atoms with E-state index in [4.69, 9.17) is 24.7 Å². The van der Waals surface area contributed by atoms with Crippen molar-refractivity contribution in [2.45, 2.75) is 101 Å². The van der Waals surface area contributed by atoms with Crippen molar-refractivity contribution in [2.75, 3.05) is 25.1 Å². The van der Waals surface area contributed by atoms with E-state index in [1.165, 1.54) is 12.2 Å². The zero-order valence-electron chi connectivity index (χ0n) is 35.9. The number of hydrogen-bond acceptors (Lipinski definition) is 12. The van der Waals surface area contributed by atoms with Crippen molar-refractivity contribution in [1.29, 1.82) is 0 Å². The molecular formula is C49H54FN3O10. The first kappa shape index (κ1) is 43.1. The maximum absolute atomic E-state index is 17.8. The van der Waals surface area contributed by atoms with Crippen LogP contribution in [-0.2, 0) is 49.3 Å².